The van der Waals surface area contributed by atoms with E-state index < -0.39 is 23.7 Å². The molecule has 1 atom stereocenters. The summed E-state index contributed by atoms with van der Waals surface area (Å²) in [5.74, 6) is -1.35. The summed E-state index contributed by atoms with van der Waals surface area (Å²) in [5, 5.41) is 2.76. The van der Waals surface area contributed by atoms with Gasteiger partial charge in [0.2, 0.25) is 0 Å². The number of ether oxygens (including phenoxy) is 1. The molecular weight excluding hydrogens is 377 g/mol. The monoisotopic (exact) mass is 393 g/mol. The first kappa shape index (κ1) is 18.1. The Hall–Kier alpha value is -2.21. The van der Waals surface area contributed by atoms with Gasteiger partial charge in [0.25, 0.3) is 5.91 Å². The van der Waals surface area contributed by atoms with E-state index in [9.17, 15) is 14.0 Å². The highest BCUT2D eigenvalue weighted by Crippen LogP contribution is 2.22. The number of methoxy groups -OCH3 is 1. The van der Waals surface area contributed by atoms with Crippen molar-refractivity contribution in [3.63, 3.8) is 0 Å². The number of rotatable bonds is 5. The number of hydrogen-bond acceptors (Lipinski definition) is 3. The number of amides is 1. The van der Waals surface area contributed by atoms with Crippen molar-refractivity contribution in [2.24, 2.45) is 0 Å². The minimum absolute atomic E-state index is 0.0208. The van der Waals surface area contributed by atoms with Crippen LogP contribution in [0, 0.1) is 12.7 Å². The van der Waals surface area contributed by atoms with Crippen LogP contribution in [-0.4, -0.2) is 19.0 Å². The Bertz CT molecular complexity index is 764. The van der Waals surface area contributed by atoms with E-state index in [-0.39, 0.29) is 12.0 Å². The first-order chi connectivity index (χ1) is 11.4. The Morgan fingerprint density at radius 3 is 2.62 bits per heavy atom. The standard InChI is InChI=1S/C18H17BrFNO3/c1-11-6-7-13(9-15(11)20)18(23)21-16(10-17(22)24-2)12-4-3-5-14(19)8-12/h3-9,16H,10H2,1-2H3,(H,21,23). The fraction of sp³-hybridized carbons (Fsp3) is 0.222. The Kier molecular flexibility index (Phi) is 6.09. The van der Waals surface area contributed by atoms with Crippen molar-refractivity contribution in [3.8, 4) is 0 Å². The Labute approximate surface area is 148 Å². The molecule has 126 valence electrons. The molecule has 2 rings (SSSR count). The van der Waals surface area contributed by atoms with Gasteiger partial charge in [-0.1, -0.05) is 34.1 Å². The molecule has 0 radical (unpaired) electrons. The topological polar surface area (TPSA) is 55.4 Å². The average Bonchev–Trinajstić information content (AvgIpc) is 2.56. The van der Waals surface area contributed by atoms with Gasteiger partial charge in [0, 0.05) is 10.0 Å². The van der Waals surface area contributed by atoms with E-state index in [0.29, 0.717) is 5.56 Å². The molecule has 0 aliphatic heterocycles. The fourth-order valence-corrected chi connectivity index (χ4v) is 2.62. The predicted molar refractivity (Wildman–Crippen MR) is 92.1 cm³/mol. The van der Waals surface area contributed by atoms with Crippen LogP contribution in [0.4, 0.5) is 4.39 Å². The molecule has 4 nitrogen and oxygen atoms in total. The summed E-state index contributed by atoms with van der Waals surface area (Å²) in [4.78, 5) is 24.1. The van der Waals surface area contributed by atoms with E-state index in [2.05, 4.69) is 21.2 Å². The van der Waals surface area contributed by atoms with Crippen LogP contribution in [0.15, 0.2) is 46.9 Å². The van der Waals surface area contributed by atoms with Gasteiger partial charge in [-0.25, -0.2) is 4.39 Å². The summed E-state index contributed by atoms with van der Waals surface area (Å²) in [7, 11) is 1.29. The number of esters is 1. The molecule has 0 heterocycles. The SMILES string of the molecule is COC(=O)CC(NC(=O)c1ccc(C)c(F)c1)c1cccc(Br)c1. The van der Waals surface area contributed by atoms with Gasteiger partial charge < -0.3 is 10.1 Å². The van der Waals surface area contributed by atoms with Crippen LogP contribution in [0.25, 0.3) is 0 Å². The maximum Gasteiger partial charge on any atom is 0.307 e. The van der Waals surface area contributed by atoms with Crippen molar-refractivity contribution in [3.05, 3.63) is 69.4 Å². The minimum Gasteiger partial charge on any atom is -0.469 e. The molecular formula is C18H17BrFNO3. The minimum atomic E-state index is -0.577. The van der Waals surface area contributed by atoms with Crippen molar-refractivity contribution in [1.29, 1.82) is 0 Å². The Morgan fingerprint density at radius 2 is 2.00 bits per heavy atom. The molecule has 0 fully saturated rings. The lowest BCUT2D eigenvalue weighted by atomic mass is 10.0. The highest BCUT2D eigenvalue weighted by molar-refractivity contribution is 9.10. The van der Waals surface area contributed by atoms with Crippen LogP contribution in [0.1, 0.15) is 33.9 Å². The molecule has 0 saturated heterocycles. The van der Waals surface area contributed by atoms with Gasteiger partial charge in [-0.2, -0.15) is 0 Å². The summed E-state index contributed by atoms with van der Waals surface area (Å²) in [6.45, 7) is 1.62. The second-order valence-corrected chi connectivity index (χ2v) is 6.24. The first-order valence-electron chi connectivity index (χ1n) is 7.30. The number of halogens is 2. The molecule has 2 aromatic carbocycles. The van der Waals surface area contributed by atoms with Crippen molar-refractivity contribution < 1.29 is 18.7 Å². The van der Waals surface area contributed by atoms with Gasteiger partial charge in [-0.05, 0) is 42.3 Å². The van der Waals surface area contributed by atoms with E-state index in [0.717, 1.165) is 10.0 Å². The van der Waals surface area contributed by atoms with Crippen LogP contribution in [-0.2, 0) is 9.53 Å². The van der Waals surface area contributed by atoms with Crippen LogP contribution < -0.4 is 5.32 Å². The number of benzene rings is 2. The molecule has 1 amide bonds. The Balaban J connectivity index is 2.25. The molecule has 6 heteroatoms. The maximum absolute atomic E-state index is 13.7. The lowest BCUT2D eigenvalue weighted by Gasteiger charge is -2.18. The quantitative estimate of drug-likeness (QED) is 0.782. The average molecular weight is 394 g/mol. The van der Waals surface area contributed by atoms with E-state index in [1.54, 1.807) is 31.2 Å². The molecule has 24 heavy (non-hydrogen) atoms. The number of nitrogens with one attached hydrogen (secondary N) is 1. The maximum atomic E-state index is 13.7. The zero-order valence-electron chi connectivity index (χ0n) is 13.3. The van der Waals surface area contributed by atoms with E-state index in [4.69, 9.17) is 4.74 Å². The van der Waals surface area contributed by atoms with Crippen LogP contribution in [0.3, 0.4) is 0 Å². The van der Waals surface area contributed by atoms with Gasteiger partial charge in [0.1, 0.15) is 5.82 Å². The third-order valence-electron chi connectivity index (χ3n) is 3.59. The molecule has 0 aromatic heterocycles. The van der Waals surface area contributed by atoms with Crippen molar-refractivity contribution in [2.75, 3.05) is 7.11 Å². The lowest BCUT2D eigenvalue weighted by Crippen LogP contribution is -2.30. The summed E-state index contributed by atoms with van der Waals surface area (Å²) in [6.07, 6.45) is -0.0208. The summed E-state index contributed by atoms with van der Waals surface area (Å²) >= 11 is 3.36. The van der Waals surface area contributed by atoms with E-state index >= 15 is 0 Å². The van der Waals surface area contributed by atoms with E-state index in [1.807, 2.05) is 12.1 Å². The largest absolute Gasteiger partial charge is 0.469 e. The van der Waals surface area contributed by atoms with Crippen molar-refractivity contribution in [2.45, 2.75) is 19.4 Å². The number of carbonyl (C=O) groups excluding carboxylic acids is 2. The lowest BCUT2D eigenvalue weighted by molar-refractivity contribution is -0.141. The zero-order chi connectivity index (χ0) is 17.7. The summed E-state index contributed by atoms with van der Waals surface area (Å²) in [6, 6.07) is 10.9. The van der Waals surface area contributed by atoms with Crippen LogP contribution in [0.5, 0.6) is 0 Å². The second kappa shape index (κ2) is 8.06. The van der Waals surface area contributed by atoms with Crippen LogP contribution in [0.2, 0.25) is 0 Å². The molecule has 0 aliphatic rings. The fourth-order valence-electron chi connectivity index (χ4n) is 2.20. The first-order valence-corrected chi connectivity index (χ1v) is 8.09. The van der Waals surface area contributed by atoms with Gasteiger partial charge in [0.15, 0.2) is 0 Å². The smallest absolute Gasteiger partial charge is 0.307 e. The highest BCUT2D eigenvalue weighted by atomic mass is 79.9. The van der Waals surface area contributed by atoms with Gasteiger partial charge in [-0.3, -0.25) is 9.59 Å². The molecule has 0 saturated carbocycles. The number of hydrogen-bond donors (Lipinski definition) is 1. The zero-order valence-corrected chi connectivity index (χ0v) is 14.9. The normalized spacial score (nSPS) is 11.7. The predicted octanol–water partition coefficient (Wildman–Crippen LogP) is 3.93. The second-order valence-electron chi connectivity index (χ2n) is 5.33. The van der Waals surface area contributed by atoms with Crippen molar-refractivity contribution in [1.82, 2.24) is 5.32 Å². The molecule has 1 N–H and O–H groups in total. The third kappa shape index (κ3) is 4.64. The summed E-state index contributed by atoms with van der Waals surface area (Å²) < 4.78 is 19.2. The van der Waals surface area contributed by atoms with Gasteiger partial charge in [-0.15, -0.1) is 0 Å². The molecule has 1 unspecified atom stereocenters. The molecule has 2 aromatic rings. The number of aryl methyl sites for hydroxylation is 1. The molecule has 0 spiro atoms. The number of carbonyl (C=O) groups is 2. The van der Waals surface area contributed by atoms with E-state index in [1.165, 1.54) is 13.2 Å². The highest BCUT2D eigenvalue weighted by Gasteiger charge is 2.20. The van der Waals surface area contributed by atoms with Gasteiger partial charge >= 0.3 is 5.97 Å². The van der Waals surface area contributed by atoms with Crippen LogP contribution >= 0.6 is 15.9 Å². The third-order valence-corrected chi connectivity index (χ3v) is 4.08. The van der Waals surface area contributed by atoms with Crippen molar-refractivity contribution >= 4 is 27.8 Å². The van der Waals surface area contributed by atoms with Gasteiger partial charge in [0.05, 0.1) is 19.6 Å². The molecule has 0 bridgehead atoms. The summed E-state index contributed by atoms with van der Waals surface area (Å²) in [5.41, 5.74) is 1.41. The molecule has 0 aliphatic carbocycles. The Morgan fingerprint density at radius 1 is 1.25 bits per heavy atom.